The Balaban J connectivity index is 1.71. The zero-order chi connectivity index (χ0) is 23.0. The van der Waals surface area contributed by atoms with E-state index in [2.05, 4.69) is 4.98 Å². The van der Waals surface area contributed by atoms with E-state index in [0.29, 0.717) is 23.6 Å². The molecule has 3 aromatic rings. The number of nitrogens with zero attached hydrogens (tertiary/aromatic N) is 1. The molecular weight excluding hydrogens is 428 g/mol. The van der Waals surface area contributed by atoms with Gasteiger partial charge in [-0.2, -0.15) is 0 Å². The van der Waals surface area contributed by atoms with Gasteiger partial charge in [0, 0.05) is 24.0 Å². The van der Waals surface area contributed by atoms with Crippen molar-refractivity contribution in [2.24, 2.45) is 0 Å². The zero-order valence-electron chi connectivity index (χ0n) is 17.8. The van der Waals surface area contributed by atoms with Gasteiger partial charge in [0.05, 0.1) is 23.7 Å². The van der Waals surface area contributed by atoms with Crippen LogP contribution in [0.15, 0.2) is 78.0 Å². The number of ether oxygens (including phenoxy) is 2. The number of pyridine rings is 1. The maximum absolute atomic E-state index is 13.1. The molecule has 0 aliphatic rings. The molecule has 0 saturated carbocycles. The second kappa shape index (κ2) is 10.8. The zero-order valence-corrected chi connectivity index (χ0v) is 18.6. The fourth-order valence-electron chi connectivity index (χ4n) is 3.27. The van der Waals surface area contributed by atoms with Gasteiger partial charge in [0.1, 0.15) is 12.4 Å². The van der Waals surface area contributed by atoms with E-state index >= 15 is 0 Å². The Morgan fingerprint density at radius 3 is 2.53 bits per heavy atom. The molecule has 0 bridgehead atoms. The van der Waals surface area contributed by atoms with E-state index < -0.39 is 21.7 Å². The minimum Gasteiger partial charge on any atom is -0.489 e. The summed E-state index contributed by atoms with van der Waals surface area (Å²) in [7, 11) is -3.67. The molecule has 1 unspecified atom stereocenters. The van der Waals surface area contributed by atoms with Crippen LogP contribution in [0.5, 0.6) is 5.75 Å². The number of esters is 1. The molecule has 168 valence electrons. The molecule has 2 N–H and O–H groups in total. The number of sulfone groups is 1. The van der Waals surface area contributed by atoms with Crippen LogP contribution in [-0.2, 0) is 26.0 Å². The summed E-state index contributed by atoms with van der Waals surface area (Å²) in [6.07, 6.45) is 3.13. The second-order valence-corrected chi connectivity index (χ2v) is 9.31. The Morgan fingerprint density at radius 1 is 1.09 bits per heavy atom. The average Bonchev–Trinajstić information content (AvgIpc) is 2.78. The highest BCUT2D eigenvalue weighted by Crippen LogP contribution is 2.26. The summed E-state index contributed by atoms with van der Waals surface area (Å²) in [6.45, 7) is 2.27. The van der Waals surface area contributed by atoms with E-state index in [4.69, 9.17) is 15.2 Å². The van der Waals surface area contributed by atoms with Gasteiger partial charge >= 0.3 is 5.97 Å². The molecule has 3 rings (SSSR count). The number of benzene rings is 2. The van der Waals surface area contributed by atoms with E-state index in [1.165, 1.54) is 12.1 Å². The van der Waals surface area contributed by atoms with Crippen molar-refractivity contribution < 1.29 is 22.7 Å². The lowest BCUT2D eigenvalue weighted by atomic mass is 10.00. The topological polar surface area (TPSA) is 109 Å². The van der Waals surface area contributed by atoms with Crippen LogP contribution in [0, 0.1) is 0 Å². The molecule has 7 nitrogen and oxygen atoms in total. The van der Waals surface area contributed by atoms with E-state index in [1.807, 2.05) is 18.2 Å². The van der Waals surface area contributed by atoms with Crippen molar-refractivity contribution in [2.75, 3.05) is 18.1 Å². The molecule has 1 aromatic heterocycles. The minimum atomic E-state index is -3.67. The molecular formula is C24H26N2O5S. The van der Waals surface area contributed by atoms with Crippen LogP contribution in [0.2, 0.25) is 0 Å². The van der Waals surface area contributed by atoms with Gasteiger partial charge in [-0.15, -0.1) is 0 Å². The van der Waals surface area contributed by atoms with E-state index in [9.17, 15) is 13.2 Å². The molecule has 8 heteroatoms. The molecule has 0 saturated heterocycles. The number of carbonyl (C=O) groups is 1. The lowest BCUT2D eigenvalue weighted by molar-refractivity contribution is -0.143. The van der Waals surface area contributed by atoms with Gasteiger partial charge in [0.2, 0.25) is 0 Å². The molecule has 0 aliphatic carbocycles. The number of aromatic nitrogens is 1. The Kier molecular flexibility index (Phi) is 7.83. The number of nitrogens with two attached hydrogens (primary N) is 1. The van der Waals surface area contributed by atoms with Gasteiger partial charge in [-0.3, -0.25) is 9.78 Å². The molecule has 0 spiro atoms. The highest BCUT2D eigenvalue weighted by atomic mass is 32.2. The van der Waals surface area contributed by atoms with E-state index in [1.54, 1.807) is 49.6 Å². The quantitative estimate of drug-likeness (QED) is 0.367. The van der Waals surface area contributed by atoms with Gasteiger partial charge in [0.15, 0.2) is 9.84 Å². The monoisotopic (exact) mass is 454 g/mol. The third-order valence-corrected chi connectivity index (χ3v) is 6.67. The summed E-state index contributed by atoms with van der Waals surface area (Å²) in [5.74, 6) is -0.697. The SMILES string of the molecule is CCOC(=O)CC(CS(=O)(=O)c1ccc(OCc2cccc(N)c2)cc1)c1cccnc1. The fourth-order valence-corrected chi connectivity index (χ4v) is 4.85. The van der Waals surface area contributed by atoms with Crippen LogP contribution >= 0.6 is 0 Å². The fraction of sp³-hybridized carbons (Fsp3) is 0.250. The van der Waals surface area contributed by atoms with Gasteiger partial charge < -0.3 is 15.2 Å². The van der Waals surface area contributed by atoms with Crippen molar-refractivity contribution in [1.82, 2.24) is 4.98 Å². The summed E-state index contributed by atoms with van der Waals surface area (Å²) < 4.78 is 36.9. The predicted octanol–water partition coefficient (Wildman–Crippen LogP) is 3.75. The van der Waals surface area contributed by atoms with Crippen LogP contribution in [0.1, 0.15) is 30.4 Å². The lowest BCUT2D eigenvalue weighted by Gasteiger charge is -2.17. The van der Waals surface area contributed by atoms with Crippen molar-refractivity contribution in [3.8, 4) is 5.75 Å². The van der Waals surface area contributed by atoms with Crippen molar-refractivity contribution in [3.05, 3.63) is 84.2 Å². The van der Waals surface area contributed by atoms with Crippen LogP contribution < -0.4 is 10.5 Å². The molecule has 32 heavy (non-hydrogen) atoms. The van der Waals surface area contributed by atoms with Crippen LogP contribution in [0.4, 0.5) is 5.69 Å². The van der Waals surface area contributed by atoms with Crippen molar-refractivity contribution in [2.45, 2.75) is 30.8 Å². The first-order valence-corrected chi connectivity index (χ1v) is 11.9. The van der Waals surface area contributed by atoms with E-state index in [-0.39, 0.29) is 23.7 Å². The lowest BCUT2D eigenvalue weighted by Crippen LogP contribution is -2.19. The molecule has 0 fully saturated rings. The third kappa shape index (κ3) is 6.55. The van der Waals surface area contributed by atoms with Gasteiger partial charge in [-0.05, 0) is 60.5 Å². The van der Waals surface area contributed by atoms with Crippen molar-refractivity contribution in [3.63, 3.8) is 0 Å². The van der Waals surface area contributed by atoms with Crippen LogP contribution in [0.25, 0.3) is 0 Å². The Morgan fingerprint density at radius 2 is 1.88 bits per heavy atom. The first-order chi connectivity index (χ1) is 15.4. The summed E-state index contributed by atoms with van der Waals surface area (Å²) in [5, 5.41) is 0. The molecule has 0 radical (unpaired) electrons. The highest BCUT2D eigenvalue weighted by Gasteiger charge is 2.25. The highest BCUT2D eigenvalue weighted by molar-refractivity contribution is 7.91. The van der Waals surface area contributed by atoms with Crippen molar-refractivity contribution in [1.29, 1.82) is 0 Å². The summed E-state index contributed by atoms with van der Waals surface area (Å²) >= 11 is 0. The van der Waals surface area contributed by atoms with Crippen LogP contribution in [0.3, 0.4) is 0 Å². The summed E-state index contributed by atoms with van der Waals surface area (Å²) in [4.78, 5) is 16.3. The Labute approximate surface area is 188 Å². The normalized spacial score (nSPS) is 12.2. The second-order valence-electron chi connectivity index (χ2n) is 7.28. The first kappa shape index (κ1) is 23.3. The van der Waals surface area contributed by atoms with Gasteiger partial charge in [-0.25, -0.2) is 8.42 Å². The van der Waals surface area contributed by atoms with E-state index in [0.717, 1.165) is 5.56 Å². The maximum Gasteiger partial charge on any atom is 0.306 e. The Bertz CT molecular complexity index is 1130. The first-order valence-electron chi connectivity index (χ1n) is 10.2. The summed E-state index contributed by atoms with van der Waals surface area (Å²) in [6, 6.07) is 17.1. The predicted molar refractivity (Wildman–Crippen MR) is 122 cm³/mol. The molecule has 2 aromatic carbocycles. The smallest absolute Gasteiger partial charge is 0.306 e. The summed E-state index contributed by atoms with van der Waals surface area (Å²) in [5.41, 5.74) is 8.01. The number of anilines is 1. The Hall–Kier alpha value is -3.39. The van der Waals surface area contributed by atoms with Crippen molar-refractivity contribution >= 4 is 21.5 Å². The maximum atomic E-state index is 13.1. The molecule has 0 aliphatic heterocycles. The number of rotatable bonds is 10. The van der Waals surface area contributed by atoms with Gasteiger partial charge in [-0.1, -0.05) is 18.2 Å². The number of hydrogen-bond donors (Lipinski definition) is 1. The number of nitrogen functional groups attached to an aromatic ring is 1. The standard InChI is InChI=1S/C24H26N2O5S/c1-2-30-24(27)14-20(19-6-4-12-26-15-19)17-32(28,29)23-10-8-22(9-11-23)31-16-18-5-3-7-21(25)13-18/h3-13,15,20H,2,14,16-17,25H2,1H3. The average molecular weight is 455 g/mol. The largest absolute Gasteiger partial charge is 0.489 e. The molecule has 1 atom stereocenters. The van der Waals surface area contributed by atoms with Crippen LogP contribution in [-0.4, -0.2) is 31.7 Å². The molecule has 0 amide bonds. The number of carbonyl (C=O) groups excluding carboxylic acids is 1. The third-order valence-electron chi connectivity index (χ3n) is 4.83. The molecule has 1 heterocycles. The minimum absolute atomic E-state index is 0.0415. The van der Waals surface area contributed by atoms with Gasteiger partial charge in [0.25, 0.3) is 0 Å². The number of hydrogen-bond acceptors (Lipinski definition) is 7.